The fourth-order valence-electron chi connectivity index (χ4n) is 3.91. The number of ketones is 2. The SMILES string of the molecule is CC.CC.CC(=O)CN1CCN(CCC2CCN(c3ccc(C(C)=O)cn3)C2)CC1. The molecule has 0 aliphatic carbocycles. The minimum Gasteiger partial charge on any atom is -0.356 e. The average molecular weight is 419 g/mol. The van der Waals surface area contributed by atoms with Crippen LogP contribution >= 0.6 is 0 Å². The molecule has 0 spiro atoms. The van der Waals surface area contributed by atoms with Crippen LogP contribution in [0.25, 0.3) is 0 Å². The Morgan fingerprint density at radius 3 is 2.13 bits per heavy atom. The zero-order valence-corrected chi connectivity index (χ0v) is 20.0. The summed E-state index contributed by atoms with van der Waals surface area (Å²) in [4.78, 5) is 34.1. The Bertz CT molecular complexity index is 625. The fraction of sp³-hybridized carbons (Fsp3) is 0.708. The van der Waals surface area contributed by atoms with Crippen LogP contribution in [0, 0.1) is 5.92 Å². The van der Waals surface area contributed by atoms with E-state index in [1.165, 1.54) is 12.8 Å². The minimum absolute atomic E-state index is 0.0618. The van der Waals surface area contributed by atoms with E-state index in [4.69, 9.17) is 0 Å². The van der Waals surface area contributed by atoms with E-state index in [-0.39, 0.29) is 11.6 Å². The van der Waals surface area contributed by atoms with Gasteiger partial charge in [-0.05, 0) is 51.3 Å². The highest BCUT2D eigenvalue weighted by Gasteiger charge is 2.25. The standard InChI is InChI=1S/C20H30N4O2.2C2H6/c1-16(25)14-23-11-9-22(10-12-23)7-5-18-6-8-24(15-18)20-4-3-19(13-21-20)17(2)26;2*1-2/h3-4,13,18H,5-12,14-15H2,1-2H3;2*1-2H3. The summed E-state index contributed by atoms with van der Waals surface area (Å²) in [6.45, 7) is 19.2. The minimum atomic E-state index is 0.0618. The van der Waals surface area contributed by atoms with Gasteiger partial charge in [-0.15, -0.1) is 0 Å². The molecule has 2 aliphatic heterocycles. The summed E-state index contributed by atoms with van der Waals surface area (Å²) in [5, 5.41) is 0. The van der Waals surface area contributed by atoms with E-state index in [0.717, 1.165) is 51.6 Å². The number of carbonyl (C=O) groups is 2. The molecule has 30 heavy (non-hydrogen) atoms. The maximum absolute atomic E-state index is 11.4. The van der Waals surface area contributed by atoms with Crippen LogP contribution < -0.4 is 4.90 Å². The molecule has 6 heteroatoms. The molecule has 170 valence electrons. The van der Waals surface area contributed by atoms with Gasteiger partial charge in [0.25, 0.3) is 0 Å². The smallest absolute Gasteiger partial charge is 0.161 e. The lowest BCUT2D eigenvalue weighted by molar-refractivity contribution is -0.118. The van der Waals surface area contributed by atoms with Crippen molar-refractivity contribution in [3.8, 4) is 0 Å². The number of hydrogen-bond acceptors (Lipinski definition) is 6. The first-order chi connectivity index (χ1) is 14.5. The monoisotopic (exact) mass is 418 g/mol. The topological polar surface area (TPSA) is 56.8 Å². The summed E-state index contributed by atoms with van der Waals surface area (Å²) in [6.07, 6.45) is 4.11. The summed E-state index contributed by atoms with van der Waals surface area (Å²) in [5.41, 5.74) is 0.674. The molecule has 0 N–H and O–H groups in total. The highest BCUT2D eigenvalue weighted by Crippen LogP contribution is 2.24. The molecule has 1 aromatic rings. The first kappa shape index (κ1) is 26.2. The Morgan fingerprint density at radius 1 is 0.967 bits per heavy atom. The Morgan fingerprint density at radius 2 is 1.60 bits per heavy atom. The highest BCUT2D eigenvalue weighted by molar-refractivity contribution is 5.93. The summed E-state index contributed by atoms with van der Waals surface area (Å²) < 4.78 is 0. The van der Waals surface area contributed by atoms with Gasteiger partial charge in [-0.3, -0.25) is 14.5 Å². The maximum atomic E-state index is 11.4. The van der Waals surface area contributed by atoms with E-state index in [9.17, 15) is 9.59 Å². The van der Waals surface area contributed by atoms with Crippen molar-refractivity contribution < 1.29 is 9.59 Å². The second kappa shape index (κ2) is 14.3. The summed E-state index contributed by atoms with van der Waals surface area (Å²) in [7, 11) is 0. The van der Waals surface area contributed by atoms with Crippen LogP contribution in [0.3, 0.4) is 0 Å². The molecule has 3 heterocycles. The number of piperazine rings is 1. The first-order valence-electron chi connectivity index (χ1n) is 11.7. The third-order valence-electron chi connectivity index (χ3n) is 5.53. The second-order valence-corrected chi connectivity index (χ2v) is 7.67. The normalized spacial score (nSPS) is 19.4. The molecule has 0 bridgehead atoms. The van der Waals surface area contributed by atoms with Crippen molar-refractivity contribution in [2.45, 2.75) is 54.4 Å². The van der Waals surface area contributed by atoms with E-state index in [1.54, 1.807) is 20.0 Å². The van der Waals surface area contributed by atoms with Gasteiger partial charge in [0.05, 0.1) is 6.54 Å². The van der Waals surface area contributed by atoms with Gasteiger partial charge >= 0.3 is 0 Å². The lowest BCUT2D eigenvalue weighted by atomic mass is 10.0. The molecule has 1 unspecified atom stereocenters. The van der Waals surface area contributed by atoms with Crippen molar-refractivity contribution in [2.24, 2.45) is 5.92 Å². The predicted octanol–water partition coefficient (Wildman–Crippen LogP) is 3.76. The third kappa shape index (κ3) is 8.52. The van der Waals surface area contributed by atoms with Crippen molar-refractivity contribution in [1.82, 2.24) is 14.8 Å². The molecule has 2 fully saturated rings. The number of rotatable bonds is 7. The lowest BCUT2D eigenvalue weighted by Gasteiger charge is -2.34. The molecule has 3 rings (SSSR count). The Balaban J connectivity index is 0.00000106. The lowest BCUT2D eigenvalue weighted by Crippen LogP contribution is -2.48. The van der Waals surface area contributed by atoms with Gasteiger partial charge < -0.3 is 9.80 Å². The third-order valence-corrected chi connectivity index (χ3v) is 5.53. The van der Waals surface area contributed by atoms with E-state index in [1.807, 2.05) is 39.8 Å². The number of Topliss-reactive ketones (excluding diaryl/α,β-unsaturated/α-hetero) is 2. The number of aromatic nitrogens is 1. The van der Waals surface area contributed by atoms with Gasteiger partial charge in [0.1, 0.15) is 11.6 Å². The zero-order valence-electron chi connectivity index (χ0n) is 20.0. The van der Waals surface area contributed by atoms with Crippen molar-refractivity contribution >= 4 is 17.4 Å². The van der Waals surface area contributed by atoms with Crippen LogP contribution in [0.4, 0.5) is 5.82 Å². The molecular formula is C24H42N4O2. The molecule has 2 aliphatic rings. The summed E-state index contributed by atoms with van der Waals surface area (Å²) >= 11 is 0. The number of pyridine rings is 1. The van der Waals surface area contributed by atoms with Gasteiger partial charge in [0.2, 0.25) is 0 Å². The first-order valence-corrected chi connectivity index (χ1v) is 11.7. The van der Waals surface area contributed by atoms with E-state index in [2.05, 4.69) is 19.7 Å². The highest BCUT2D eigenvalue weighted by atomic mass is 16.1. The van der Waals surface area contributed by atoms with Crippen molar-refractivity contribution in [2.75, 3.05) is 57.3 Å². The quantitative estimate of drug-likeness (QED) is 0.629. The Hall–Kier alpha value is -1.79. The number of carbonyl (C=O) groups excluding carboxylic acids is 2. The summed E-state index contributed by atoms with van der Waals surface area (Å²) in [5.74, 6) is 2.01. The van der Waals surface area contributed by atoms with Gasteiger partial charge in [-0.2, -0.15) is 0 Å². The van der Waals surface area contributed by atoms with Gasteiger partial charge in [-0.1, -0.05) is 27.7 Å². The summed E-state index contributed by atoms with van der Waals surface area (Å²) in [6, 6.07) is 3.84. The van der Waals surface area contributed by atoms with Gasteiger partial charge in [-0.25, -0.2) is 4.98 Å². The average Bonchev–Trinajstić information content (AvgIpc) is 3.25. The van der Waals surface area contributed by atoms with Crippen LogP contribution in [0.5, 0.6) is 0 Å². The van der Waals surface area contributed by atoms with Crippen LogP contribution in [-0.4, -0.2) is 78.7 Å². The van der Waals surface area contributed by atoms with Crippen molar-refractivity contribution in [3.05, 3.63) is 23.9 Å². The molecule has 0 amide bonds. The van der Waals surface area contributed by atoms with Crippen LogP contribution in [0.1, 0.15) is 64.7 Å². The zero-order chi connectivity index (χ0) is 22.5. The van der Waals surface area contributed by atoms with Crippen LogP contribution in [0.2, 0.25) is 0 Å². The fourth-order valence-corrected chi connectivity index (χ4v) is 3.91. The van der Waals surface area contributed by atoms with Crippen LogP contribution in [0.15, 0.2) is 18.3 Å². The van der Waals surface area contributed by atoms with Crippen molar-refractivity contribution in [3.63, 3.8) is 0 Å². The van der Waals surface area contributed by atoms with Crippen molar-refractivity contribution in [1.29, 1.82) is 0 Å². The van der Waals surface area contributed by atoms with Gasteiger partial charge in [0.15, 0.2) is 5.78 Å². The molecule has 0 saturated carbocycles. The molecule has 6 nitrogen and oxygen atoms in total. The molecule has 2 saturated heterocycles. The largest absolute Gasteiger partial charge is 0.356 e. The maximum Gasteiger partial charge on any atom is 0.161 e. The van der Waals surface area contributed by atoms with E-state index < -0.39 is 0 Å². The number of hydrogen-bond donors (Lipinski definition) is 0. The predicted molar refractivity (Wildman–Crippen MR) is 125 cm³/mol. The molecule has 0 radical (unpaired) electrons. The molecule has 0 aromatic carbocycles. The van der Waals surface area contributed by atoms with Crippen LogP contribution in [-0.2, 0) is 4.79 Å². The Labute approximate surface area is 183 Å². The molecule has 1 atom stereocenters. The number of anilines is 1. The second-order valence-electron chi connectivity index (χ2n) is 7.67. The van der Waals surface area contributed by atoms with Gasteiger partial charge in [0, 0.05) is 51.0 Å². The molecular weight excluding hydrogens is 376 g/mol. The van der Waals surface area contributed by atoms with E-state index in [0.29, 0.717) is 18.0 Å². The van der Waals surface area contributed by atoms with E-state index >= 15 is 0 Å². The Kier molecular flexibility index (Phi) is 12.5. The number of nitrogens with zero attached hydrogens (tertiary/aromatic N) is 4. The molecule has 1 aromatic heterocycles.